The summed E-state index contributed by atoms with van der Waals surface area (Å²) in [5, 5.41) is 2.69. The highest BCUT2D eigenvalue weighted by atomic mass is 32.2. The van der Waals surface area contributed by atoms with E-state index in [1.807, 2.05) is 0 Å². The molecular weight excluding hydrogens is 328 g/mol. The number of sulfone groups is 1. The van der Waals surface area contributed by atoms with Gasteiger partial charge in [0.2, 0.25) is 0 Å². The fourth-order valence-electron chi connectivity index (χ4n) is 1.98. The molecule has 24 heavy (non-hydrogen) atoms. The van der Waals surface area contributed by atoms with E-state index in [4.69, 9.17) is 11.5 Å². The predicted octanol–water partition coefficient (Wildman–Crippen LogP) is 1.64. The molecule has 0 bridgehead atoms. The number of nitrogens with one attached hydrogen (secondary N) is 1. The summed E-state index contributed by atoms with van der Waals surface area (Å²) in [6.45, 7) is 1.58. The molecule has 0 spiro atoms. The van der Waals surface area contributed by atoms with Crippen LogP contribution in [0.2, 0.25) is 0 Å². The van der Waals surface area contributed by atoms with Crippen LogP contribution in [0.3, 0.4) is 0 Å². The van der Waals surface area contributed by atoms with Gasteiger partial charge in [-0.3, -0.25) is 4.79 Å². The Kier molecular flexibility index (Phi) is 5.20. The van der Waals surface area contributed by atoms with Crippen LogP contribution in [0.1, 0.15) is 17.3 Å². The number of nitrogens with two attached hydrogens (primary N) is 2. The maximum atomic E-state index is 12.2. The number of aliphatic imine (C=N–C) groups is 1. The smallest absolute Gasteiger partial charge is 0.255 e. The Morgan fingerprint density at radius 1 is 1.12 bits per heavy atom. The van der Waals surface area contributed by atoms with Crippen LogP contribution in [0, 0.1) is 0 Å². The highest BCUT2D eigenvalue weighted by Gasteiger charge is 2.12. The van der Waals surface area contributed by atoms with Crippen LogP contribution in [-0.4, -0.2) is 26.0 Å². The van der Waals surface area contributed by atoms with Gasteiger partial charge >= 0.3 is 0 Å². The van der Waals surface area contributed by atoms with Crippen LogP contribution in [0.5, 0.6) is 0 Å². The minimum atomic E-state index is -3.26. The van der Waals surface area contributed by atoms with E-state index >= 15 is 0 Å². The lowest BCUT2D eigenvalue weighted by Crippen LogP contribution is -2.21. The van der Waals surface area contributed by atoms with Crippen molar-refractivity contribution in [2.24, 2.45) is 16.5 Å². The van der Waals surface area contributed by atoms with Gasteiger partial charge in [0, 0.05) is 11.3 Å². The van der Waals surface area contributed by atoms with Gasteiger partial charge < -0.3 is 16.8 Å². The molecule has 0 unspecified atom stereocenters. The van der Waals surface area contributed by atoms with Crippen LogP contribution in [-0.2, 0) is 9.84 Å². The number of hydrogen-bond donors (Lipinski definition) is 3. The van der Waals surface area contributed by atoms with Gasteiger partial charge in [-0.15, -0.1) is 0 Å². The van der Waals surface area contributed by atoms with Gasteiger partial charge in [0.15, 0.2) is 15.8 Å². The molecule has 2 rings (SSSR count). The predicted molar refractivity (Wildman–Crippen MR) is 94.0 cm³/mol. The first-order valence-electron chi connectivity index (χ1n) is 7.15. The lowest BCUT2D eigenvalue weighted by molar-refractivity contribution is 0.102. The van der Waals surface area contributed by atoms with Crippen molar-refractivity contribution in [2.45, 2.75) is 11.8 Å². The lowest BCUT2D eigenvalue weighted by atomic mass is 10.2. The minimum absolute atomic E-state index is 0.0241. The fraction of sp³-hybridized carbons (Fsp3) is 0.125. The monoisotopic (exact) mass is 346 g/mol. The Labute approximate surface area is 140 Å². The molecule has 2 aromatic rings. The normalized spacial score (nSPS) is 10.9. The van der Waals surface area contributed by atoms with Gasteiger partial charge in [-0.05, 0) is 42.5 Å². The SMILES string of the molecule is CCS(=O)(=O)c1ccc(NC(=O)c2cccc(N=C(N)N)c2)cc1. The number of nitrogens with zero attached hydrogens (tertiary/aromatic N) is 1. The zero-order chi connectivity index (χ0) is 17.7. The number of guanidine groups is 1. The van der Waals surface area contributed by atoms with E-state index in [1.165, 1.54) is 12.1 Å². The molecule has 2 aromatic carbocycles. The molecule has 1 amide bonds. The Bertz CT molecular complexity index is 870. The first kappa shape index (κ1) is 17.5. The van der Waals surface area contributed by atoms with Crippen molar-refractivity contribution in [3.8, 4) is 0 Å². The molecule has 0 aromatic heterocycles. The third-order valence-corrected chi connectivity index (χ3v) is 4.97. The summed E-state index contributed by atoms with van der Waals surface area (Å²) in [6, 6.07) is 12.5. The fourth-order valence-corrected chi connectivity index (χ4v) is 2.87. The lowest BCUT2D eigenvalue weighted by Gasteiger charge is -2.07. The van der Waals surface area contributed by atoms with Crippen molar-refractivity contribution in [2.75, 3.05) is 11.1 Å². The molecule has 0 saturated carbocycles. The van der Waals surface area contributed by atoms with E-state index < -0.39 is 9.84 Å². The largest absolute Gasteiger partial charge is 0.370 e. The molecule has 0 fully saturated rings. The van der Waals surface area contributed by atoms with Crippen LogP contribution in [0.4, 0.5) is 11.4 Å². The van der Waals surface area contributed by atoms with Gasteiger partial charge in [-0.1, -0.05) is 13.0 Å². The molecular formula is C16H18N4O3S. The highest BCUT2D eigenvalue weighted by Crippen LogP contribution is 2.18. The molecule has 0 aliphatic rings. The quantitative estimate of drug-likeness (QED) is 0.560. The molecule has 0 aliphatic carbocycles. The molecule has 0 radical (unpaired) electrons. The molecule has 0 aliphatic heterocycles. The summed E-state index contributed by atoms with van der Waals surface area (Å²) in [4.78, 5) is 16.4. The van der Waals surface area contributed by atoms with Crippen LogP contribution < -0.4 is 16.8 Å². The molecule has 126 valence electrons. The Balaban J connectivity index is 2.17. The van der Waals surface area contributed by atoms with Gasteiger partial charge in [-0.25, -0.2) is 13.4 Å². The van der Waals surface area contributed by atoms with Crippen LogP contribution in [0.15, 0.2) is 58.4 Å². The number of anilines is 1. The average Bonchev–Trinajstić information content (AvgIpc) is 2.55. The minimum Gasteiger partial charge on any atom is -0.370 e. The summed E-state index contributed by atoms with van der Waals surface area (Å²) in [5.74, 6) is -0.426. The van der Waals surface area contributed by atoms with Gasteiger partial charge in [0.1, 0.15) is 0 Å². The van der Waals surface area contributed by atoms with Crippen molar-refractivity contribution >= 4 is 33.1 Å². The van der Waals surface area contributed by atoms with Gasteiger partial charge in [0.25, 0.3) is 5.91 Å². The first-order chi connectivity index (χ1) is 11.3. The second kappa shape index (κ2) is 7.14. The summed E-state index contributed by atoms with van der Waals surface area (Å²) in [5.41, 5.74) is 12.0. The maximum Gasteiger partial charge on any atom is 0.255 e. The van der Waals surface area contributed by atoms with Crippen LogP contribution >= 0.6 is 0 Å². The summed E-state index contributed by atoms with van der Waals surface area (Å²) < 4.78 is 23.5. The number of amides is 1. The van der Waals surface area contributed by atoms with Crippen molar-refractivity contribution in [1.82, 2.24) is 0 Å². The standard InChI is InChI=1S/C16H18N4O3S/c1-2-24(22,23)14-8-6-12(7-9-14)19-15(21)11-4-3-5-13(10-11)20-16(17)18/h3-10H,2H2,1H3,(H,19,21)(H4,17,18,20). The van der Waals surface area contributed by atoms with Gasteiger partial charge in [-0.2, -0.15) is 0 Å². The Morgan fingerprint density at radius 3 is 2.38 bits per heavy atom. The summed E-state index contributed by atoms with van der Waals surface area (Å²) in [7, 11) is -3.26. The van der Waals surface area contributed by atoms with Crippen LogP contribution in [0.25, 0.3) is 0 Å². The topological polar surface area (TPSA) is 128 Å². The summed E-state index contributed by atoms with van der Waals surface area (Å²) >= 11 is 0. The van der Waals surface area contributed by atoms with Crippen molar-refractivity contribution in [3.63, 3.8) is 0 Å². The van der Waals surface area contributed by atoms with Gasteiger partial charge in [0.05, 0.1) is 16.3 Å². The molecule has 8 heteroatoms. The first-order valence-corrected chi connectivity index (χ1v) is 8.81. The molecule has 5 N–H and O–H groups in total. The number of carbonyl (C=O) groups excluding carboxylic acids is 1. The number of benzene rings is 2. The van der Waals surface area contributed by atoms with E-state index in [-0.39, 0.29) is 22.5 Å². The highest BCUT2D eigenvalue weighted by molar-refractivity contribution is 7.91. The third kappa shape index (κ3) is 4.32. The van der Waals surface area contributed by atoms with E-state index in [9.17, 15) is 13.2 Å². The number of rotatable bonds is 5. The van der Waals surface area contributed by atoms with Crippen molar-refractivity contribution < 1.29 is 13.2 Å². The Hall–Kier alpha value is -2.87. The third-order valence-electron chi connectivity index (χ3n) is 3.22. The zero-order valence-electron chi connectivity index (χ0n) is 13.1. The summed E-state index contributed by atoms with van der Waals surface area (Å²) in [6.07, 6.45) is 0. The molecule has 7 nitrogen and oxygen atoms in total. The van der Waals surface area contributed by atoms with Crippen molar-refractivity contribution in [3.05, 3.63) is 54.1 Å². The van der Waals surface area contributed by atoms with E-state index in [0.717, 1.165) is 0 Å². The number of hydrogen-bond acceptors (Lipinski definition) is 4. The van der Waals surface area contributed by atoms with E-state index in [1.54, 1.807) is 43.3 Å². The van der Waals surface area contributed by atoms with Crippen molar-refractivity contribution in [1.29, 1.82) is 0 Å². The zero-order valence-corrected chi connectivity index (χ0v) is 13.9. The second-order valence-electron chi connectivity index (χ2n) is 4.97. The average molecular weight is 346 g/mol. The molecule has 0 atom stereocenters. The molecule has 0 heterocycles. The van der Waals surface area contributed by atoms with E-state index in [0.29, 0.717) is 16.9 Å². The van der Waals surface area contributed by atoms with E-state index in [2.05, 4.69) is 10.3 Å². The maximum absolute atomic E-state index is 12.2. The molecule has 0 saturated heterocycles. The second-order valence-corrected chi connectivity index (χ2v) is 7.25. The number of carbonyl (C=O) groups is 1. The Morgan fingerprint density at radius 2 is 1.79 bits per heavy atom.